The molecule has 0 saturated carbocycles. The van der Waals surface area contributed by atoms with Crippen LogP contribution in [-0.4, -0.2) is 47.5 Å². The Kier molecular flexibility index (Phi) is 6.66. The van der Waals surface area contributed by atoms with E-state index in [2.05, 4.69) is 4.98 Å². The largest absolute Gasteiger partial charge is 0.474 e. The molecule has 29 heavy (non-hydrogen) atoms. The fourth-order valence-electron chi connectivity index (χ4n) is 3.02. The van der Waals surface area contributed by atoms with E-state index < -0.39 is 43.5 Å². The van der Waals surface area contributed by atoms with Crippen LogP contribution in [0.25, 0.3) is 0 Å². The van der Waals surface area contributed by atoms with Crippen molar-refractivity contribution < 1.29 is 32.4 Å². The number of rotatable bonds is 4. The molecule has 4 atom stereocenters. The molecule has 3 heterocycles. The van der Waals surface area contributed by atoms with Crippen LogP contribution in [0.15, 0.2) is 15.8 Å². The molecular weight excluding hydrogens is 409 g/mol. The third-order valence-corrected chi connectivity index (χ3v) is 5.79. The number of hydrogen-bond donors (Lipinski definition) is 1. The zero-order valence-electron chi connectivity index (χ0n) is 15.6. The quantitative estimate of drug-likeness (QED) is 0.403. The van der Waals surface area contributed by atoms with Gasteiger partial charge in [-0.05, 0) is 0 Å². The van der Waals surface area contributed by atoms with Gasteiger partial charge in [0.25, 0.3) is 5.56 Å². The molecule has 1 unspecified atom stereocenters. The van der Waals surface area contributed by atoms with Gasteiger partial charge in [-0.25, -0.2) is 9.36 Å². The molecule has 1 saturated heterocycles. The molecular formula is C16H20N3O9P. The van der Waals surface area contributed by atoms with Crippen molar-refractivity contribution >= 4 is 13.8 Å². The van der Waals surface area contributed by atoms with Crippen molar-refractivity contribution in [3.05, 3.63) is 32.6 Å². The Morgan fingerprint density at radius 1 is 1.45 bits per heavy atom. The van der Waals surface area contributed by atoms with E-state index in [1.54, 1.807) is 0 Å². The van der Waals surface area contributed by atoms with Gasteiger partial charge in [-0.3, -0.25) is 32.7 Å². The second-order valence-electron chi connectivity index (χ2n) is 6.40. The van der Waals surface area contributed by atoms with Gasteiger partial charge in [0, 0.05) is 31.5 Å². The van der Waals surface area contributed by atoms with E-state index in [1.165, 1.54) is 17.7 Å². The summed E-state index contributed by atoms with van der Waals surface area (Å²) in [4.78, 5) is 37.9. The standard InChI is InChI=1S/C16H20N3O9P/c1-10(20)27-12-7-14-19-8-11(15(21)18-16(19)22)3-6-25-29(23,24-5-2-4-17)26-9-13(12)28-14/h8,12-14H,2-3,5-7,9H2,1H3,(H,18,21,22)/t12-,13+,14+,29?/m0/s1. The van der Waals surface area contributed by atoms with E-state index in [0.717, 1.165) is 0 Å². The van der Waals surface area contributed by atoms with Gasteiger partial charge >= 0.3 is 19.5 Å². The van der Waals surface area contributed by atoms with Gasteiger partial charge in [0.05, 0.1) is 32.3 Å². The highest BCUT2D eigenvalue weighted by Gasteiger charge is 2.41. The number of nitriles is 1. The first-order chi connectivity index (χ1) is 13.8. The van der Waals surface area contributed by atoms with Gasteiger partial charge in [-0.15, -0.1) is 0 Å². The molecule has 13 heteroatoms. The lowest BCUT2D eigenvalue weighted by Crippen LogP contribution is -2.35. The third-order valence-electron chi connectivity index (χ3n) is 4.33. The Morgan fingerprint density at radius 2 is 2.24 bits per heavy atom. The summed E-state index contributed by atoms with van der Waals surface area (Å²) < 4.78 is 40.8. The fourth-order valence-corrected chi connectivity index (χ4v) is 4.21. The van der Waals surface area contributed by atoms with E-state index in [4.69, 9.17) is 28.3 Å². The molecule has 0 radical (unpaired) electrons. The van der Waals surface area contributed by atoms with Crippen molar-refractivity contribution in [2.45, 2.75) is 44.6 Å². The number of fused-ring (bicyclic) bond motifs is 5. The number of carbonyl (C=O) groups is 1. The molecule has 0 aliphatic carbocycles. The van der Waals surface area contributed by atoms with E-state index >= 15 is 0 Å². The number of aromatic amines is 1. The number of carbonyl (C=O) groups excluding carboxylic acids is 1. The lowest BCUT2D eigenvalue weighted by molar-refractivity contribution is -0.150. The van der Waals surface area contributed by atoms with Crippen LogP contribution in [0.4, 0.5) is 0 Å². The van der Waals surface area contributed by atoms with Crippen molar-refractivity contribution in [3.8, 4) is 6.07 Å². The number of hydrogen-bond acceptors (Lipinski definition) is 10. The molecule has 1 aromatic heterocycles. The number of nitrogens with one attached hydrogen (secondary N) is 1. The summed E-state index contributed by atoms with van der Waals surface area (Å²) in [6.45, 7) is 0.557. The summed E-state index contributed by atoms with van der Waals surface area (Å²) in [5, 5.41) is 8.63. The summed E-state index contributed by atoms with van der Waals surface area (Å²) in [6.07, 6.45) is -1.01. The number of nitrogens with zero attached hydrogens (tertiary/aromatic N) is 2. The maximum absolute atomic E-state index is 12.8. The Hall–Kier alpha value is -2.29. The second kappa shape index (κ2) is 9.02. The van der Waals surface area contributed by atoms with Crippen LogP contribution in [0.3, 0.4) is 0 Å². The zero-order chi connectivity index (χ0) is 21.0. The van der Waals surface area contributed by atoms with E-state index in [9.17, 15) is 18.9 Å². The molecule has 3 rings (SSSR count). The van der Waals surface area contributed by atoms with Crippen molar-refractivity contribution in [1.82, 2.24) is 9.55 Å². The summed E-state index contributed by atoms with van der Waals surface area (Å²) >= 11 is 0. The molecule has 0 spiro atoms. The van der Waals surface area contributed by atoms with Gasteiger partial charge in [0.15, 0.2) is 0 Å². The second-order valence-corrected chi connectivity index (χ2v) is 8.07. The van der Waals surface area contributed by atoms with Crippen LogP contribution >= 0.6 is 7.82 Å². The summed E-state index contributed by atoms with van der Waals surface area (Å²) in [7, 11) is -4.06. The molecule has 1 N–H and O–H groups in total. The maximum Gasteiger partial charge on any atom is 0.474 e. The number of esters is 1. The Balaban J connectivity index is 1.93. The van der Waals surface area contributed by atoms with Gasteiger partial charge < -0.3 is 9.47 Å². The molecule has 0 amide bonds. The van der Waals surface area contributed by atoms with E-state index in [-0.39, 0.29) is 44.6 Å². The van der Waals surface area contributed by atoms with Crippen molar-refractivity contribution in [2.24, 2.45) is 0 Å². The maximum atomic E-state index is 12.8. The highest BCUT2D eigenvalue weighted by atomic mass is 31.2. The fraction of sp³-hybridized carbons (Fsp3) is 0.625. The van der Waals surface area contributed by atoms with Crippen LogP contribution in [0.1, 0.15) is 31.6 Å². The number of ether oxygens (including phenoxy) is 2. The predicted molar refractivity (Wildman–Crippen MR) is 94.8 cm³/mol. The van der Waals surface area contributed by atoms with Crippen molar-refractivity contribution in [2.75, 3.05) is 19.8 Å². The average molecular weight is 429 g/mol. The lowest BCUT2D eigenvalue weighted by atomic mass is 10.2. The number of phosphoric acid groups is 1. The first-order valence-electron chi connectivity index (χ1n) is 8.89. The number of aromatic nitrogens is 2. The molecule has 12 nitrogen and oxygen atoms in total. The number of H-pyrrole nitrogens is 1. The van der Waals surface area contributed by atoms with Crippen LogP contribution < -0.4 is 11.2 Å². The molecule has 4 bridgehead atoms. The Bertz CT molecular complexity index is 966. The minimum absolute atomic E-state index is 0.0219. The average Bonchev–Trinajstić information content (AvgIpc) is 3.03. The van der Waals surface area contributed by atoms with Crippen LogP contribution in [0.2, 0.25) is 0 Å². The third kappa shape index (κ3) is 5.20. The SMILES string of the molecule is CC(=O)O[C@H]1C[C@H]2O[C@@H]1COP(=O)(OCCC#N)OCCc1cn2c(=O)[nH]c1=O. The van der Waals surface area contributed by atoms with Crippen LogP contribution in [-0.2, 0) is 38.8 Å². The van der Waals surface area contributed by atoms with Gasteiger partial charge in [0.1, 0.15) is 18.4 Å². The van der Waals surface area contributed by atoms with Crippen molar-refractivity contribution in [1.29, 1.82) is 5.26 Å². The first kappa shape index (κ1) is 21.4. The Labute approximate surface area is 164 Å². The number of phosphoric ester groups is 1. The molecule has 2 aliphatic heterocycles. The molecule has 0 aromatic carbocycles. The van der Waals surface area contributed by atoms with E-state index in [0.29, 0.717) is 0 Å². The van der Waals surface area contributed by atoms with Crippen LogP contribution in [0.5, 0.6) is 0 Å². The molecule has 158 valence electrons. The summed E-state index contributed by atoms with van der Waals surface area (Å²) in [6, 6.07) is 1.85. The predicted octanol–water partition coefficient (Wildman–Crippen LogP) is 0.383. The van der Waals surface area contributed by atoms with E-state index in [1.807, 2.05) is 6.07 Å². The minimum Gasteiger partial charge on any atom is -0.460 e. The Morgan fingerprint density at radius 3 is 2.97 bits per heavy atom. The summed E-state index contributed by atoms with van der Waals surface area (Å²) in [5.74, 6) is -0.562. The van der Waals surface area contributed by atoms with Crippen molar-refractivity contribution in [3.63, 3.8) is 0 Å². The normalized spacial score (nSPS) is 29.3. The lowest BCUT2D eigenvalue weighted by Gasteiger charge is -2.23. The topological polar surface area (TPSA) is 159 Å². The molecule has 1 aromatic rings. The zero-order valence-corrected chi connectivity index (χ0v) is 16.5. The van der Waals surface area contributed by atoms with Gasteiger partial charge in [-0.2, -0.15) is 5.26 Å². The van der Waals surface area contributed by atoms with Gasteiger partial charge in [0.2, 0.25) is 0 Å². The van der Waals surface area contributed by atoms with Crippen LogP contribution in [0, 0.1) is 11.3 Å². The smallest absolute Gasteiger partial charge is 0.460 e. The highest BCUT2D eigenvalue weighted by Crippen LogP contribution is 2.50. The first-order valence-corrected chi connectivity index (χ1v) is 10.3. The van der Waals surface area contributed by atoms with Gasteiger partial charge in [-0.1, -0.05) is 0 Å². The summed E-state index contributed by atoms with van der Waals surface area (Å²) in [5.41, 5.74) is -1.08. The minimum atomic E-state index is -4.06. The monoisotopic (exact) mass is 429 g/mol. The molecule has 2 aliphatic rings. The molecule has 1 fully saturated rings. The highest BCUT2D eigenvalue weighted by molar-refractivity contribution is 7.48.